The van der Waals surface area contributed by atoms with Crippen LogP contribution in [-0.2, 0) is 5.41 Å². The molecule has 0 atom stereocenters. The molecule has 0 radical (unpaired) electrons. The Morgan fingerprint density at radius 3 is 1.32 bits per heavy atom. The molecule has 21 aromatic carbocycles. The SMILES string of the molecule is [2H]c1c([2H])c([2H])c(-c2ccc3c(c2)oc2c(-n4c5cc6ccccc6cc5c5cc6ccccc6cc54)nc(-c4cccc([N+]#[C-])c4)nc23)c([2H])c1[2H].[2H]c1c([2H])c([2H])c(-c2ccc3sc4c(-n5c6cc7ccccc7cc6c6ccc7ccccc7c65)nc(-c5ccc([N+]#[C-])cc5)nc4c3c2)c([2H])c1[2H].[2H]c1c([2H])c([2H])c(-c2nc3c(c(-n4c5cc6ccccc6cc5c5cc6ccccc6cc54)n2)C(C)(C)c2cc(-c4ccc(C#N)cc4)ccc2-3)c([2H])c1[2H]. The molecule has 678 valence electrons. The standard InChI is InChI=1S/C46H30N4.C43H24N4O.C43H24N4S/c1-46(2)39-24-35(29-18-16-28(27-47)17-19-29)20-21-36(39)43-42(46)45(49-44(48-43)30-10-4-3-5-11-30)50-40-25-33-14-8-6-12-31(33)22-37(40)38-23-32-13-7-9-15-34(32)26-41(38)50;1-44-33-17-9-16-32(20-33)42-45-40-34-19-18-31(26-10-3-2-4-11-26)25-39(34)48-41(40)43(46-42)47-37-23-29-14-7-5-12-27(29)21-35(37)36-22-28-13-6-8-15-30(28)24-38(36)47;1-44-32-19-15-28(16-20-32)42-45-39-36-24-31(26-9-3-2-4-10-26)18-22-38(36)48-41(39)43(46-42)47-37-25-30-13-6-5-12-29(30)23-35(37)34-21-17-27-11-7-8-14-33(27)40(34)47/h3-26H,1-2H3;2*2-25H/i3D,4D,5D,10D,11D;2D,3D,4D,10D,11D;2D,3D,4D,9D,10D. The van der Waals surface area contributed by atoms with Crippen LogP contribution in [0.1, 0.15) is 51.1 Å². The van der Waals surface area contributed by atoms with Gasteiger partial charge in [0.15, 0.2) is 46.1 Å². The maximum Gasteiger partial charge on any atom is 0.197 e. The monoisotopic (exact) mass is 1890 g/mol. The summed E-state index contributed by atoms with van der Waals surface area (Å²) in [7, 11) is 0. The van der Waals surface area contributed by atoms with E-state index in [0.717, 1.165) is 178 Å². The highest BCUT2D eigenvalue weighted by atomic mass is 32.1. The first-order valence-electron chi connectivity index (χ1n) is 55.0. The van der Waals surface area contributed by atoms with Crippen molar-refractivity contribution in [1.82, 2.24) is 43.6 Å². The maximum atomic E-state index is 9.40. The Labute approximate surface area is 861 Å². The Morgan fingerprint density at radius 2 is 0.760 bits per heavy atom. The molecule has 8 aromatic heterocycles. The van der Waals surface area contributed by atoms with E-state index < -0.39 is 47.7 Å². The molecule has 1 aliphatic rings. The van der Waals surface area contributed by atoms with Gasteiger partial charge in [-0.05, 0) is 207 Å². The molecule has 0 spiro atoms. The van der Waals surface area contributed by atoms with Crippen LogP contribution in [0.25, 0.3) is 278 Å². The van der Waals surface area contributed by atoms with Gasteiger partial charge in [0.05, 0.1) is 94.3 Å². The molecule has 0 bridgehead atoms. The van der Waals surface area contributed by atoms with Crippen LogP contribution in [0.2, 0.25) is 0 Å². The van der Waals surface area contributed by atoms with Crippen molar-refractivity contribution in [2.75, 3.05) is 0 Å². The number of furan rings is 1. The number of rotatable bonds is 9. The van der Waals surface area contributed by atoms with Gasteiger partial charge in [0, 0.05) is 86.4 Å². The fourth-order valence-electron chi connectivity index (χ4n) is 21.4. The average Bonchev–Trinajstić information content (AvgIpc) is 1.53. The van der Waals surface area contributed by atoms with Gasteiger partial charge < -0.3 is 4.42 Å². The minimum atomic E-state index is -0.627. The van der Waals surface area contributed by atoms with Crippen molar-refractivity contribution < 1.29 is 25.0 Å². The summed E-state index contributed by atoms with van der Waals surface area (Å²) < 4.78 is 142. The molecule has 0 saturated heterocycles. The first-order valence-corrected chi connectivity index (χ1v) is 48.3. The van der Waals surface area contributed by atoms with Crippen LogP contribution >= 0.6 is 11.3 Å². The maximum absolute atomic E-state index is 9.40. The molecule has 0 saturated carbocycles. The van der Waals surface area contributed by atoms with Crippen molar-refractivity contribution in [2.45, 2.75) is 19.3 Å². The quantitative estimate of drug-likeness (QED) is 0.130. The van der Waals surface area contributed by atoms with Crippen molar-refractivity contribution in [2.24, 2.45) is 0 Å². The van der Waals surface area contributed by atoms with E-state index in [9.17, 15) is 5.26 Å². The van der Waals surface area contributed by atoms with Gasteiger partial charge in [-0.15, -0.1) is 11.3 Å². The van der Waals surface area contributed by atoms with Gasteiger partial charge in [-0.1, -0.05) is 341 Å². The van der Waals surface area contributed by atoms with Gasteiger partial charge in [-0.2, -0.15) is 5.26 Å². The number of aromatic nitrogens is 9. The highest BCUT2D eigenvalue weighted by Crippen LogP contribution is 2.54. The minimum absolute atomic E-state index is 0.0489. The largest absolute Gasteiger partial charge is 0.450 e. The number of nitriles is 1. The summed E-state index contributed by atoms with van der Waals surface area (Å²) in [5.41, 5.74) is 16.6. The molecule has 0 N–H and O–H groups in total. The highest BCUT2D eigenvalue weighted by Gasteiger charge is 2.42. The molecule has 0 unspecified atom stereocenters. The van der Waals surface area contributed by atoms with Crippen LogP contribution in [0.3, 0.4) is 0 Å². The van der Waals surface area contributed by atoms with E-state index in [0.29, 0.717) is 96.0 Å². The average molecular weight is 1900 g/mol. The summed E-state index contributed by atoms with van der Waals surface area (Å²) in [6, 6.07) is 112. The summed E-state index contributed by atoms with van der Waals surface area (Å²) in [6.07, 6.45) is 0. The topological polar surface area (TPSA) is 138 Å². The molecule has 0 fully saturated rings. The zero-order valence-electron chi connectivity index (χ0n) is 92.6. The number of hydrogen-bond acceptors (Lipinski definition) is 9. The lowest BCUT2D eigenvalue weighted by atomic mass is 9.81. The molecule has 8 heterocycles. The van der Waals surface area contributed by atoms with Crippen LogP contribution < -0.4 is 0 Å². The summed E-state index contributed by atoms with van der Waals surface area (Å²) in [5, 5.41) is 30.4. The lowest BCUT2D eigenvalue weighted by Crippen LogP contribution is -2.20. The predicted molar refractivity (Wildman–Crippen MR) is 602 cm³/mol. The second-order valence-electron chi connectivity index (χ2n) is 37.0. The molecular formula is C132H78N12OS. The van der Waals surface area contributed by atoms with E-state index >= 15 is 0 Å². The summed E-state index contributed by atoms with van der Waals surface area (Å²) in [4.78, 5) is 38.4. The summed E-state index contributed by atoms with van der Waals surface area (Å²) in [5.74, 6) is 2.74. The van der Waals surface area contributed by atoms with Crippen molar-refractivity contribution in [3.8, 4) is 102 Å². The molecule has 146 heavy (non-hydrogen) atoms. The molecule has 1 aliphatic carbocycles. The highest BCUT2D eigenvalue weighted by molar-refractivity contribution is 7.26. The van der Waals surface area contributed by atoms with Gasteiger partial charge in [0.25, 0.3) is 0 Å². The van der Waals surface area contributed by atoms with Crippen LogP contribution in [-0.4, -0.2) is 43.6 Å². The van der Waals surface area contributed by atoms with E-state index in [1.165, 1.54) is 0 Å². The van der Waals surface area contributed by atoms with Gasteiger partial charge in [-0.3, -0.25) is 13.7 Å². The molecule has 14 heteroatoms. The number of benzene rings is 21. The molecule has 13 nitrogen and oxygen atoms in total. The lowest BCUT2D eigenvalue weighted by molar-refractivity contribution is 0.651. The zero-order chi connectivity index (χ0) is 110. The number of nitrogens with zero attached hydrogens (tertiary/aromatic N) is 12. The van der Waals surface area contributed by atoms with E-state index in [-0.39, 0.29) is 70.9 Å². The number of thiophene rings is 1. The third kappa shape index (κ3) is 13.8. The number of hydrogen-bond donors (Lipinski definition) is 0. The fourth-order valence-corrected chi connectivity index (χ4v) is 22.5. The third-order valence-corrected chi connectivity index (χ3v) is 29.5. The Balaban J connectivity index is 0.000000114. The lowest BCUT2D eigenvalue weighted by Gasteiger charge is -2.25. The smallest absolute Gasteiger partial charge is 0.197 e. The molecule has 29 aromatic rings. The van der Waals surface area contributed by atoms with Crippen molar-refractivity contribution in [3.63, 3.8) is 0 Å². The van der Waals surface area contributed by atoms with Crippen molar-refractivity contribution in [3.05, 3.63) is 476 Å². The molecule has 0 aliphatic heterocycles. The molecule has 30 rings (SSSR count). The van der Waals surface area contributed by atoms with Crippen molar-refractivity contribution >= 4 is 195 Å². The minimum Gasteiger partial charge on any atom is -0.450 e. The van der Waals surface area contributed by atoms with Crippen LogP contribution in [0.4, 0.5) is 11.4 Å². The van der Waals surface area contributed by atoms with E-state index in [2.05, 4.69) is 207 Å². The molecular weight excluding hydrogens is 1800 g/mol. The third-order valence-electron chi connectivity index (χ3n) is 28.3. The normalized spacial score (nSPS) is 13.7. The molecule has 0 amide bonds. The fraction of sp³-hybridized carbons (Fsp3) is 0.0227. The first-order chi connectivity index (χ1) is 78.1. The van der Waals surface area contributed by atoms with Crippen molar-refractivity contribution in [1.29, 1.82) is 5.26 Å². The second kappa shape index (κ2) is 33.5. The first kappa shape index (κ1) is 70.0. The van der Waals surface area contributed by atoms with Gasteiger partial charge in [-0.25, -0.2) is 39.6 Å². The van der Waals surface area contributed by atoms with Gasteiger partial charge in [0.1, 0.15) is 16.9 Å². The van der Waals surface area contributed by atoms with Crippen LogP contribution in [0.15, 0.2) is 441 Å². The second-order valence-corrected chi connectivity index (χ2v) is 38.0. The summed E-state index contributed by atoms with van der Waals surface area (Å²) >= 11 is 1.56. The zero-order valence-corrected chi connectivity index (χ0v) is 78.4. The Bertz CT molecular complexity index is 11500. The van der Waals surface area contributed by atoms with Crippen LogP contribution in [0, 0.1) is 24.5 Å². The Morgan fingerprint density at radius 1 is 0.322 bits per heavy atom. The summed E-state index contributed by atoms with van der Waals surface area (Å²) in [6.45, 7) is 19.5. The van der Waals surface area contributed by atoms with Crippen LogP contribution in [0.5, 0.6) is 0 Å². The Kier molecular flexibility index (Phi) is 16.1. The van der Waals surface area contributed by atoms with E-state index in [4.69, 9.17) is 68.0 Å². The van der Waals surface area contributed by atoms with Gasteiger partial charge in [0.2, 0.25) is 0 Å². The van der Waals surface area contributed by atoms with Gasteiger partial charge >= 0.3 is 0 Å². The Hall–Kier alpha value is -19.7. The predicted octanol–water partition coefficient (Wildman–Crippen LogP) is 35.2. The van der Waals surface area contributed by atoms with E-state index in [1.807, 2.05) is 140 Å². The number of fused-ring (bicyclic) bond motifs is 25. The van der Waals surface area contributed by atoms with E-state index in [1.54, 1.807) is 53.8 Å².